The quantitative estimate of drug-likeness (QED) is 0.436. The van der Waals surface area contributed by atoms with Crippen molar-refractivity contribution in [2.75, 3.05) is 6.54 Å². The Balaban J connectivity index is 1.89. The molecule has 4 nitrogen and oxygen atoms in total. The minimum atomic E-state index is -1.61. The molecule has 1 saturated carbocycles. The summed E-state index contributed by atoms with van der Waals surface area (Å²) < 4.78 is -1.61. The highest BCUT2D eigenvalue weighted by molar-refractivity contribution is 9.09. The van der Waals surface area contributed by atoms with Gasteiger partial charge in [-0.25, -0.2) is 0 Å². The second-order valence-corrected chi connectivity index (χ2v) is 10.5. The number of amides is 1. The van der Waals surface area contributed by atoms with Crippen LogP contribution in [0.1, 0.15) is 38.5 Å². The normalized spacial score (nSPS) is 34.0. The first-order valence-corrected chi connectivity index (χ1v) is 10.4. The van der Waals surface area contributed by atoms with E-state index in [9.17, 15) is 4.79 Å². The lowest BCUT2D eigenvalue weighted by Gasteiger charge is -2.35. The number of piperidine rings is 1. The van der Waals surface area contributed by atoms with Gasteiger partial charge in [-0.2, -0.15) is 0 Å². The fourth-order valence-electron chi connectivity index (χ4n) is 2.96. The molecule has 3 unspecified atom stereocenters. The molecule has 0 aromatic heterocycles. The molecule has 0 bridgehead atoms. The van der Waals surface area contributed by atoms with E-state index in [1.54, 1.807) is 0 Å². The maximum absolute atomic E-state index is 12.4. The van der Waals surface area contributed by atoms with Gasteiger partial charge in [-0.05, 0) is 38.5 Å². The lowest BCUT2D eigenvalue weighted by atomic mass is 9.95. The largest absolute Gasteiger partial charge is 0.335 e. The Morgan fingerprint density at radius 3 is 2.30 bits per heavy atom. The van der Waals surface area contributed by atoms with Gasteiger partial charge in [0.1, 0.15) is 6.17 Å². The van der Waals surface area contributed by atoms with Crippen LogP contribution in [0.4, 0.5) is 0 Å². The lowest BCUT2D eigenvalue weighted by molar-refractivity contribution is -0.124. The molecule has 1 aliphatic heterocycles. The summed E-state index contributed by atoms with van der Waals surface area (Å²) in [6.45, 7) is 0.754. The van der Waals surface area contributed by atoms with Crippen LogP contribution in [0.25, 0.3) is 0 Å². The molecular weight excluding hydrogens is 448 g/mol. The summed E-state index contributed by atoms with van der Waals surface area (Å²) in [5.41, 5.74) is 0. The van der Waals surface area contributed by atoms with Gasteiger partial charge in [0, 0.05) is 22.8 Å². The third-order valence-electron chi connectivity index (χ3n) is 4.34. The maximum Gasteiger partial charge on any atom is 0.238 e. The third-order valence-corrected chi connectivity index (χ3v) is 6.22. The van der Waals surface area contributed by atoms with Gasteiger partial charge in [0.05, 0.1) is 6.04 Å². The molecule has 3 atom stereocenters. The van der Waals surface area contributed by atoms with Crippen LogP contribution in [-0.4, -0.2) is 44.7 Å². The van der Waals surface area contributed by atoms with Crippen molar-refractivity contribution in [3.8, 4) is 0 Å². The SMILES string of the molecule is O=C(NC(NC1CCC(Cl)CC1)C(Cl)(Cl)Cl)C1CCC(Br)CN1. The summed E-state index contributed by atoms with van der Waals surface area (Å²) >= 11 is 27.8. The summed E-state index contributed by atoms with van der Waals surface area (Å²) in [5, 5.41) is 9.54. The molecule has 0 aromatic carbocycles. The first-order valence-electron chi connectivity index (χ1n) is 7.90. The minimum absolute atomic E-state index is 0.140. The van der Waals surface area contributed by atoms with Crippen molar-refractivity contribution < 1.29 is 4.79 Å². The van der Waals surface area contributed by atoms with Gasteiger partial charge in [-0.15, -0.1) is 11.6 Å². The van der Waals surface area contributed by atoms with Gasteiger partial charge < -0.3 is 10.6 Å². The minimum Gasteiger partial charge on any atom is -0.335 e. The Bertz CT molecular complexity index is 394. The van der Waals surface area contributed by atoms with Crippen molar-refractivity contribution in [1.29, 1.82) is 0 Å². The highest BCUT2D eigenvalue weighted by Crippen LogP contribution is 2.31. The molecule has 0 aromatic rings. The lowest BCUT2D eigenvalue weighted by Crippen LogP contribution is -2.60. The molecule has 0 radical (unpaired) electrons. The summed E-state index contributed by atoms with van der Waals surface area (Å²) in [4.78, 5) is 12.8. The molecule has 1 aliphatic carbocycles. The van der Waals surface area contributed by atoms with Crippen LogP contribution in [-0.2, 0) is 4.79 Å². The molecule has 9 heteroatoms. The zero-order valence-electron chi connectivity index (χ0n) is 12.6. The Morgan fingerprint density at radius 1 is 1.13 bits per heavy atom. The van der Waals surface area contributed by atoms with Crippen LogP contribution in [0.5, 0.6) is 0 Å². The summed E-state index contributed by atoms with van der Waals surface area (Å²) in [6.07, 6.45) is 4.65. The van der Waals surface area contributed by atoms with Crippen LogP contribution in [0.15, 0.2) is 0 Å². The molecule has 2 aliphatic rings. The van der Waals surface area contributed by atoms with Crippen molar-refractivity contribution in [1.82, 2.24) is 16.0 Å². The molecule has 23 heavy (non-hydrogen) atoms. The fourth-order valence-corrected chi connectivity index (χ4v) is 4.02. The van der Waals surface area contributed by atoms with Crippen molar-refractivity contribution in [3.63, 3.8) is 0 Å². The van der Waals surface area contributed by atoms with Crippen molar-refractivity contribution in [3.05, 3.63) is 0 Å². The Kier molecular flexibility index (Phi) is 8.06. The summed E-state index contributed by atoms with van der Waals surface area (Å²) in [6, 6.07) is -0.0591. The predicted octanol–water partition coefficient (Wildman–Crippen LogP) is 3.45. The van der Waals surface area contributed by atoms with Crippen molar-refractivity contribution >= 4 is 68.2 Å². The van der Waals surface area contributed by atoms with Crippen LogP contribution < -0.4 is 16.0 Å². The van der Waals surface area contributed by atoms with E-state index in [1.807, 2.05) is 0 Å². The number of alkyl halides is 5. The zero-order chi connectivity index (χ0) is 17.0. The van der Waals surface area contributed by atoms with Gasteiger partial charge in [0.25, 0.3) is 0 Å². The molecule has 0 spiro atoms. The molecular formula is C14H22BrCl4N3O. The monoisotopic (exact) mass is 467 g/mol. The average Bonchev–Trinajstić information content (AvgIpc) is 2.48. The Hall–Kier alpha value is 1.03. The maximum atomic E-state index is 12.4. The zero-order valence-corrected chi connectivity index (χ0v) is 17.2. The van der Waals surface area contributed by atoms with E-state index in [2.05, 4.69) is 31.9 Å². The van der Waals surface area contributed by atoms with Crippen molar-refractivity contribution in [2.45, 2.75) is 70.8 Å². The second kappa shape index (κ2) is 9.11. The highest BCUT2D eigenvalue weighted by Gasteiger charge is 2.37. The third kappa shape index (κ3) is 6.69. The molecule has 1 saturated heterocycles. The van der Waals surface area contributed by atoms with Gasteiger partial charge >= 0.3 is 0 Å². The first-order chi connectivity index (χ1) is 10.8. The van der Waals surface area contributed by atoms with E-state index in [1.165, 1.54) is 0 Å². The Morgan fingerprint density at radius 2 is 1.78 bits per heavy atom. The number of hydrogen-bond acceptors (Lipinski definition) is 3. The summed E-state index contributed by atoms with van der Waals surface area (Å²) in [5.74, 6) is -0.140. The standard InChI is InChI=1S/C14H22BrCl4N3O/c15-8-1-6-11(20-7-8)12(23)22-13(14(17,18)19)21-10-4-2-9(16)3-5-10/h8-11,13,20-21H,1-7H2,(H,22,23). The van der Waals surface area contributed by atoms with E-state index >= 15 is 0 Å². The number of hydrogen-bond donors (Lipinski definition) is 3. The van der Waals surface area contributed by atoms with Crippen LogP contribution >= 0.6 is 62.3 Å². The van der Waals surface area contributed by atoms with Gasteiger partial charge in [0.15, 0.2) is 0 Å². The van der Waals surface area contributed by atoms with Crippen LogP contribution in [0.3, 0.4) is 0 Å². The summed E-state index contributed by atoms with van der Waals surface area (Å²) in [7, 11) is 0. The van der Waals surface area contributed by atoms with E-state index < -0.39 is 9.96 Å². The van der Waals surface area contributed by atoms with Crippen molar-refractivity contribution in [2.24, 2.45) is 0 Å². The topological polar surface area (TPSA) is 53.2 Å². The Labute approximate surface area is 165 Å². The van der Waals surface area contributed by atoms with Gasteiger partial charge in [-0.1, -0.05) is 50.7 Å². The van der Waals surface area contributed by atoms with E-state index in [0.29, 0.717) is 4.83 Å². The number of rotatable bonds is 4. The van der Waals surface area contributed by atoms with E-state index in [4.69, 9.17) is 46.4 Å². The number of halogens is 5. The molecule has 1 heterocycles. The van der Waals surface area contributed by atoms with E-state index in [-0.39, 0.29) is 23.4 Å². The van der Waals surface area contributed by atoms with Gasteiger partial charge in [0.2, 0.25) is 9.70 Å². The van der Waals surface area contributed by atoms with E-state index in [0.717, 1.165) is 45.1 Å². The molecule has 1 amide bonds. The smallest absolute Gasteiger partial charge is 0.238 e. The van der Waals surface area contributed by atoms with Gasteiger partial charge in [-0.3, -0.25) is 10.1 Å². The fraction of sp³-hybridized carbons (Fsp3) is 0.929. The van der Waals surface area contributed by atoms with Crippen LogP contribution in [0.2, 0.25) is 0 Å². The second-order valence-electron chi connectivity index (χ2n) is 6.23. The number of nitrogens with one attached hydrogen (secondary N) is 3. The molecule has 3 N–H and O–H groups in total. The average molecular weight is 470 g/mol. The van der Waals surface area contributed by atoms with Crippen LogP contribution in [0, 0.1) is 0 Å². The first kappa shape index (κ1) is 20.3. The highest BCUT2D eigenvalue weighted by atomic mass is 79.9. The number of carbonyl (C=O) groups is 1. The molecule has 134 valence electrons. The molecule has 2 fully saturated rings. The number of carbonyl (C=O) groups excluding carboxylic acids is 1. The predicted molar refractivity (Wildman–Crippen MR) is 101 cm³/mol. The molecule has 2 rings (SSSR count).